The molecule has 2 aliphatic rings. The average Bonchev–Trinajstić information content (AvgIpc) is 2.64. The highest BCUT2D eigenvalue weighted by molar-refractivity contribution is 5.83. The van der Waals surface area contributed by atoms with Crippen molar-refractivity contribution in [3.8, 4) is 0 Å². The number of rotatable bonds is 3. The fraction of sp³-hybridized carbons (Fsp3) is 0.867. The number of hydrogen-bond acceptors (Lipinski definition) is 3. The third kappa shape index (κ3) is 3.72. The lowest BCUT2D eigenvalue weighted by Gasteiger charge is -2.31. The van der Waals surface area contributed by atoms with Gasteiger partial charge in [-0.15, -0.1) is 0 Å². The molecule has 0 spiro atoms. The second-order valence-electron chi connectivity index (χ2n) is 6.25. The maximum Gasteiger partial charge on any atom is 0.308 e. The SMILES string of the molecule is CC1CCCNC1C(=O)NC1CCCCCC1C(=O)O. The van der Waals surface area contributed by atoms with Crippen molar-refractivity contribution in [1.29, 1.82) is 0 Å². The van der Waals surface area contributed by atoms with Crippen molar-refractivity contribution < 1.29 is 14.7 Å². The Labute approximate surface area is 120 Å². The molecule has 5 nitrogen and oxygen atoms in total. The lowest BCUT2D eigenvalue weighted by Crippen LogP contribution is -2.54. The van der Waals surface area contributed by atoms with Crippen molar-refractivity contribution in [2.45, 2.75) is 64.0 Å². The second kappa shape index (κ2) is 7.07. The average molecular weight is 282 g/mol. The standard InChI is InChI=1S/C15H26N2O3/c1-10-6-5-9-16-13(10)14(18)17-12-8-4-2-3-7-11(12)15(19)20/h10-13,16H,2-9H2,1H3,(H,17,18)(H,19,20). The summed E-state index contributed by atoms with van der Waals surface area (Å²) in [5.74, 6) is -0.907. The lowest BCUT2D eigenvalue weighted by atomic mass is 9.90. The van der Waals surface area contributed by atoms with Gasteiger partial charge in [0.15, 0.2) is 0 Å². The molecule has 3 N–H and O–H groups in total. The molecule has 4 unspecified atom stereocenters. The van der Waals surface area contributed by atoms with Gasteiger partial charge in [-0.1, -0.05) is 26.2 Å². The first-order valence-corrected chi connectivity index (χ1v) is 7.86. The summed E-state index contributed by atoms with van der Waals surface area (Å²) in [6, 6.07) is -0.375. The maximum absolute atomic E-state index is 12.4. The predicted octanol–water partition coefficient (Wildman–Crippen LogP) is 1.52. The normalized spacial score (nSPS) is 35.0. The fourth-order valence-corrected chi connectivity index (χ4v) is 3.45. The molecule has 2 fully saturated rings. The Balaban J connectivity index is 1.98. The van der Waals surface area contributed by atoms with Crippen molar-refractivity contribution >= 4 is 11.9 Å². The Hall–Kier alpha value is -1.10. The quantitative estimate of drug-likeness (QED) is 0.686. The van der Waals surface area contributed by atoms with Crippen LogP contribution in [0.5, 0.6) is 0 Å². The summed E-state index contributed by atoms with van der Waals surface area (Å²) in [6.45, 7) is 2.95. The van der Waals surface area contributed by atoms with E-state index >= 15 is 0 Å². The number of nitrogens with one attached hydrogen (secondary N) is 2. The van der Waals surface area contributed by atoms with Crippen LogP contribution in [0.25, 0.3) is 0 Å². The van der Waals surface area contributed by atoms with Crippen molar-refractivity contribution in [2.24, 2.45) is 11.8 Å². The van der Waals surface area contributed by atoms with Crippen molar-refractivity contribution in [3.05, 3.63) is 0 Å². The molecule has 0 aromatic rings. The smallest absolute Gasteiger partial charge is 0.308 e. The van der Waals surface area contributed by atoms with Gasteiger partial charge >= 0.3 is 5.97 Å². The summed E-state index contributed by atoms with van der Waals surface area (Å²) in [7, 11) is 0. The van der Waals surface area contributed by atoms with Gasteiger partial charge in [0.2, 0.25) is 5.91 Å². The van der Waals surface area contributed by atoms with E-state index < -0.39 is 11.9 Å². The van der Waals surface area contributed by atoms with E-state index in [1.165, 1.54) is 0 Å². The van der Waals surface area contributed by atoms with Crippen molar-refractivity contribution in [1.82, 2.24) is 10.6 Å². The van der Waals surface area contributed by atoms with Crippen LogP contribution in [0.15, 0.2) is 0 Å². The molecule has 114 valence electrons. The summed E-state index contributed by atoms with van der Waals surface area (Å²) in [5.41, 5.74) is 0. The molecule has 2 rings (SSSR count). The molecule has 0 aromatic heterocycles. The van der Waals surface area contributed by atoms with Crippen LogP contribution in [-0.4, -0.2) is 35.6 Å². The second-order valence-corrected chi connectivity index (χ2v) is 6.25. The van der Waals surface area contributed by atoms with E-state index in [0.29, 0.717) is 12.3 Å². The van der Waals surface area contributed by atoms with Crippen molar-refractivity contribution in [2.75, 3.05) is 6.54 Å². The van der Waals surface area contributed by atoms with Crippen LogP contribution in [0.3, 0.4) is 0 Å². The molecular weight excluding hydrogens is 256 g/mol. The van der Waals surface area contributed by atoms with Crippen LogP contribution in [0.4, 0.5) is 0 Å². The first-order valence-electron chi connectivity index (χ1n) is 7.86. The van der Waals surface area contributed by atoms with Crippen LogP contribution in [0, 0.1) is 11.8 Å². The Morgan fingerprint density at radius 3 is 2.55 bits per heavy atom. The highest BCUT2D eigenvalue weighted by atomic mass is 16.4. The first-order chi connectivity index (χ1) is 9.59. The molecule has 0 radical (unpaired) electrons. The molecule has 1 heterocycles. The minimum atomic E-state index is -0.776. The summed E-state index contributed by atoms with van der Waals surface area (Å²) >= 11 is 0. The predicted molar refractivity (Wildman–Crippen MR) is 76.3 cm³/mol. The summed E-state index contributed by atoms with van der Waals surface area (Å²) in [5, 5.41) is 15.6. The van der Waals surface area contributed by atoms with Gasteiger partial charge in [-0.25, -0.2) is 0 Å². The minimum absolute atomic E-state index is 0.0182. The third-order valence-electron chi connectivity index (χ3n) is 4.71. The molecule has 1 aliphatic carbocycles. The van der Waals surface area contributed by atoms with Gasteiger partial charge < -0.3 is 15.7 Å². The molecule has 1 aliphatic heterocycles. The molecule has 1 saturated heterocycles. The number of carbonyl (C=O) groups excluding carboxylic acids is 1. The van der Waals surface area contributed by atoms with E-state index in [1.54, 1.807) is 0 Å². The Morgan fingerprint density at radius 2 is 1.85 bits per heavy atom. The summed E-state index contributed by atoms with van der Waals surface area (Å²) < 4.78 is 0. The molecule has 1 amide bonds. The topological polar surface area (TPSA) is 78.4 Å². The number of amides is 1. The number of carbonyl (C=O) groups is 2. The number of carboxylic acids is 1. The van der Waals surface area contributed by atoms with Crippen LogP contribution >= 0.6 is 0 Å². The van der Waals surface area contributed by atoms with Crippen LogP contribution in [0.1, 0.15) is 51.9 Å². The van der Waals surface area contributed by atoms with Gasteiger partial charge in [0.1, 0.15) is 0 Å². The fourth-order valence-electron chi connectivity index (χ4n) is 3.45. The van der Waals surface area contributed by atoms with E-state index in [2.05, 4.69) is 17.6 Å². The first kappa shape index (κ1) is 15.3. The van der Waals surface area contributed by atoms with Gasteiger partial charge in [-0.3, -0.25) is 9.59 Å². The summed E-state index contributed by atoms with van der Waals surface area (Å²) in [4.78, 5) is 23.8. The molecule has 5 heteroatoms. The van der Waals surface area contributed by atoms with E-state index in [4.69, 9.17) is 0 Å². The Kier molecular flexibility index (Phi) is 5.40. The number of aliphatic carboxylic acids is 1. The van der Waals surface area contributed by atoms with Gasteiger partial charge in [-0.2, -0.15) is 0 Å². The zero-order chi connectivity index (χ0) is 14.5. The van der Waals surface area contributed by atoms with Crippen LogP contribution in [-0.2, 0) is 9.59 Å². The van der Waals surface area contributed by atoms with E-state index in [1.807, 2.05) is 0 Å². The Bertz CT molecular complexity index is 359. The van der Waals surface area contributed by atoms with E-state index in [0.717, 1.165) is 45.1 Å². The highest BCUT2D eigenvalue weighted by Crippen LogP contribution is 2.24. The molecule has 20 heavy (non-hydrogen) atoms. The number of hydrogen-bond donors (Lipinski definition) is 3. The van der Waals surface area contributed by atoms with E-state index in [-0.39, 0.29) is 18.0 Å². The lowest BCUT2D eigenvalue weighted by molar-refractivity contribution is -0.143. The molecular formula is C15H26N2O3. The van der Waals surface area contributed by atoms with Gasteiger partial charge in [0.25, 0.3) is 0 Å². The molecule has 4 atom stereocenters. The number of piperidine rings is 1. The largest absolute Gasteiger partial charge is 0.481 e. The van der Waals surface area contributed by atoms with Gasteiger partial charge in [0.05, 0.1) is 12.0 Å². The van der Waals surface area contributed by atoms with Gasteiger partial charge in [0, 0.05) is 6.04 Å². The van der Waals surface area contributed by atoms with Crippen molar-refractivity contribution in [3.63, 3.8) is 0 Å². The van der Waals surface area contributed by atoms with Gasteiger partial charge in [-0.05, 0) is 38.1 Å². The molecule has 0 aromatic carbocycles. The monoisotopic (exact) mass is 282 g/mol. The van der Waals surface area contributed by atoms with Crippen LogP contribution < -0.4 is 10.6 Å². The summed E-state index contributed by atoms with van der Waals surface area (Å²) in [6.07, 6.45) is 6.63. The molecule has 1 saturated carbocycles. The minimum Gasteiger partial charge on any atom is -0.481 e. The third-order valence-corrected chi connectivity index (χ3v) is 4.71. The highest BCUT2D eigenvalue weighted by Gasteiger charge is 2.34. The molecule has 0 bridgehead atoms. The zero-order valence-electron chi connectivity index (χ0n) is 12.2. The number of carboxylic acid groups (broad SMARTS) is 1. The van der Waals surface area contributed by atoms with Crippen LogP contribution in [0.2, 0.25) is 0 Å². The zero-order valence-corrected chi connectivity index (χ0v) is 12.2. The maximum atomic E-state index is 12.4. The Morgan fingerprint density at radius 1 is 1.10 bits per heavy atom. The van der Waals surface area contributed by atoms with E-state index in [9.17, 15) is 14.7 Å².